The van der Waals surface area contributed by atoms with Crippen molar-refractivity contribution in [2.75, 3.05) is 0 Å². The highest BCUT2D eigenvalue weighted by Gasteiger charge is 2.07. The van der Waals surface area contributed by atoms with Gasteiger partial charge in [0.05, 0.1) is 6.21 Å². The van der Waals surface area contributed by atoms with Crippen LogP contribution >= 0.6 is 15.9 Å². The number of hydroxylamine groups is 1. The molecule has 0 aliphatic heterocycles. The summed E-state index contributed by atoms with van der Waals surface area (Å²) in [4.78, 5) is 23.1. The van der Waals surface area contributed by atoms with Crippen molar-refractivity contribution in [3.8, 4) is 0 Å². The molecule has 0 radical (unpaired) electrons. The van der Waals surface area contributed by atoms with E-state index in [-0.39, 0.29) is 5.56 Å². The van der Waals surface area contributed by atoms with Crippen LogP contribution in [-0.4, -0.2) is 23.2 Å². The van der Waals surface area contributed by atoms with Gasteiger partial charge >= 0.3 is 0 Å². The summed E-state index contributed by atoms with van der Waals surface area (Å²) in [5, 5.41) is 12.4. The van der Waals surface area contributed by atoms with Gasteiger partial charge in [0.2, 0.25) is 0 Å². The quantitative estimate of drug-likeness (QED) is 0.418. The largest absolute Gasteiger partial charge is 0.288 e. The number of carbonyl (C=O) groups is 2. The number of allylic oxidation sites excluding steroid dienone is 1. The molecule has 6 nitrogen and oxygen atoms in total. The highest BCUT2D eigenvalue weighted by atomic mass is 79.9. The van der Waals surface area contributed by atoms with E-state index >= 15 is 0 Å². The first kappa shape index (κ1) is 17.6. The van der Waals surface area contributed by atoms with Gasteiger partial charge in [-0.2, -0.15) is 5.10 Å². The zero-order valence-electron chi connectivity index (χ0n) is 12.4. The highest BCUT2D eigenvalue weighted by Crippen LogP contribution is 2.10. The molecule has 2 rings (SSSR count). The summed E-state index contributed by atoms with van der Waals surface area (Å²) >= 11 is 3.35. The Morgan fingerprint density at radius 2 is 1.54 bits per heavy atom. The number of nitrogens with zero attached hydrogens (tertiary/aromatic N) is 1. The summed E-state index contributed by atoms with van der Waals surface area (Å²) in [6.07, 6.45) is 3.33. The molecule has 3 N–H and O–H groups in total. The van der Waals surface area contributed by atoms with Crippen LogP contribution in [0.1, 0.15) is 26.3 Å². The van der Waals surface area contributed by atoms with Crippen LogP contribution in [-0.2, 0) is 0 Å². The van der Waals surface area contributed by atoms with Gasteiger partial charge in [0.25, 0.3) is 11.8 Å². The van der Waals surface area contributed by atoms with Gasteiger partial charge in [-0.3, -0.25) is 14.8 Å². The number of halogens is 1. The Hall–Kier alpha value is -2.77. The molecule has 0 aromatic heterocycles. The lowest BCUT2D eigenvalue weighted by Gasteiger charge is -2.02. The summed E-state index contributed by atoms with van der Waals surface area (Å²) in [7, 11) is 0. The number of rotatable bonds is 5. The van der Waals surface area contributed by atoms with Crippen molar-refractivity contribution in [2.45, 2.75) is 0 Å². The standard InChI is InChI=1S/C17H14BrN3O3/c18-15(10-12-4-2-1-3-5-12)11-19-20-16(22)13-6-8-14(9-7-13)17(23)21-24/h1-11,24H,(H,20,22)(H,21,23). The Labute approximate surface area is 147 Å². The molecular weight excluding hydrogens is 374 g/mol. The summed E-state index contributed by atoms with van der Waals surface area (Å²) in [6.45, 7) is 0. The van der Waals surface area contributed by atoms with Crippen LogP contribution in [0.25, 0.3) is 6.08 Å². The molecule has 0 atom stereocenters. The lowest BCUT2D eigenvalue weighted by atomic mass is 10.1. The smallest absolute Gasteiger partial charge is 0.274 e. The van der Waals surface area contributed by atoms with Gasteiger partial charge < -0.3 is 0 Å². The van der Waals surface area contributed by atoms with Crippen LogP contribution in [0.5, 0.6) is 0 Å². The molecule has 0 unspecified atom stereocenters. The molecule has 7 heteroatoms. The Morgan fingerprint density at radius 3 is 2.12 bits per heavy atom. The van der Waals surface area contributed by atoms with Crippen LogP contribution in [0, 0.1) is 0 Å². The zero-order valence-corrected chi connectivity index (χ0v) is 14.0. The number of hydrogen-bond donors (Lipinski definition) is 3. The molecule has 0 saturated carbocycles. The summed E-state index contributed by atoms with van der Waals surface area (Å²) in [5.74, 6) is -1.06. The second kappa shape index (κ2) is 8.76. The van der Waals surface area contributed by atoms with E-state index < -0.39 is 11.8 Å². The van der Waals surface area contributed by atoms with E-state index in [4.69, 9.17) is 5.21 Å². The second-order valence-corrected chi connectivity index (χ2v) is 5.57. The fourth-order valence-electron chi connectivity index (χ4n) is 1.80. The van der Waals surface area contributed by atoms with Gasteiger partial charge in [-0.15, -0.1) is 0 Å². The Kier molecular flexibility index (Phi) is 6.41. The number of amides is 2. The van der Waals surface area contributed by atoms with Gasteiger partial charge in [0, 0.05) is 15.6 Å². The van der Waals surface area contributed by atoms with Crippen molar-refractivity contribution >= 4 is 40.0 Å². The lowest BCUT2D eigenvalue weighted by molar-refractivity contribution is 0.0706. The maximum absolute atomic E-state index is 11.9. The van der Waals surface area contributed by atoms with Crippen LogP contribution < -0.4 is 10.9 Å². The third-order valence-electron chi connectivity index (χ3n) is 2.97. The first-order valence-electron chi connectivity index (χ1n) is 6.90. The Bertz CT molecular complexity index is 771. The second-order valence-electron chi connectivity index (χ2n) is 4.66. The summed E-state index contributed by atoms with van der Waals surface area (Å²) in [6, 6.07) is 15.4. The fourth-order valence-corrected chi connectivity index (χ4v) is 2.17. The van der Waals surface area contributed by atoms with E-state index in [2.05, 4.69) is 26.5 Å². The molecule has 0 spiro atoms. The normalized spacial score (nSPS) is 11.3. The topological polar surface area (TPSA) is 90.8 Å². The highest BCUT2D eigenvalue weighted by molar-refractivity contribution is 9.12. The van der Waals surface area contributed by atoms with Crippen LogP contribution in [0.15, 0.2) is 64.2 Å². The van der Waals surface area contributed by atoms with Gasteiger partial charge in [0.1, 0.15) is 0 Å². The fraction of sp³-hybridized carbons (Fsp3) is 0. The number of carbonyl (C=O) groups excluding carboxylic acids is 2. The van der Waals surface area contributed by atoms with Crippen molar-refractivity contribution < 1.29 is 14.8 Å². The molecular formula is C17H14BrN3O3. The zero-order chi connectivity index (χ0) is 17.4. The van der Waals surface area contributed by atoms with E-state index in [1.807, 2.05) is 36.4 Å². The molecule has 2 amide bonds. The lowest BCUT2D eigenvalue weighted by Crippen LogP contribution is -2.20. The van der Waals surface area contributed by atoms with Crippen LogP contribution in [0.4, 0.5) is 0 Å². The number of hydrazone groups is 1. The predicted molar refractivity (Wildman–Crippen MR) is 95.0 cm³/mol. The average molecular weight is 388 g/mol. The van der Waals surface area contributed by atoms with Crippen molar-refractivity contribution in [1.29, 1.82) is 0 Å². The molecule has 0 fully saturated rings. The van der Waals surface area contributed by atoms with E-state index in [0.717, 1.165) is 5.56 Å². The third-order valence-corrected chi connectivity index (χ3v) is 3.40. The van der Waals surface area contributed by atoms with Crippen LogP contribution in [0.3, 0.4) is 0 Å². The minimum atomic E-state index is -0.644. The molecule has 0 bridgehead atoms. The predicted octanol–water partition coefficient (Wildman–Crippen LogP) is 2.96. The van der Waals surface area contributed by atoms with Crippen molar-refractivity contribution in [3.63, 3.8) is 0 Å². The maximum Gasteiger partial charge on any atom is 0.274 e. The minimum absolute atomic E-state index is 0.242. The molecule has 2 aromatic carbocycles. The molecule has 0 saturated heterocycles. The minimum Gasteiger partial charge on any atom is -0.288 e. The monoisotopic (exact) mass is 387 g/mol. The molecule has 0 aliphatic rings. The van der Waals surface area contributed by atoms with Gasteiger partial charge in [0.15, 0.2) is 0 Å². The molecule has 0 aliphatic carbocycles. The van der Waals surface area contributed by atoms with Gasteiger partial charge in [-0.05, 0) is 51.8 Å². The number of hydrogen-bond acceptors (Lipinski definition) is 4. The SMILES string of the molecule is O=C(NO)c1ccc(C(=O)NN=CC(Br)=Cc2ccccc2)cc1. The third kappa shape index (κ3) is 5.15. The molecule has 122 valence electrons. The van der Waals surface area contributed by atoms with Crippen LogP contribution in [0.2, 0.25) is 0 Å². The number of nitrogens with one attached hydrogen (secondary N) is 2. The molecule has 24 heavy (non-hydrogen) atoms. The summed E-state index contributed by atoms with van der Waals surface area (Å²) in [5.41, 5.74) is 5.49. The Balaban J connectivity index is 1.95. The summed E-state index contributed by atoms with van der Waals surface area (Å²) < 4.78 is 0.698. The first-order valence-corrected chi connectivity index (χ1v) is 7.69. The first-order chi connectivity index (χ1) is 11.6. The van der Waals surface area contributed by atoms with E-state index in [0.29, 0.717) is 10.0 Å². The maximum atomic E-state index is 11.9. The van der Waals surface area contributed by atoms with Gasteiger partial charge in [-0.1, -0.05) is 30.3 Å². The van der Waals surface area contributed by atoms with Crippen molar-refractivity contribution in [3.05, 3.63) is 75.8 Å². The number of benzene rings is 2. The Morgan fingerprint density at radius 1 is 0.958 bits per heavy atom. The average Bonchev–Trinajstić information content (AvgIpc) is 2.62. The molecule has 0 heterocycles. The van der Waals surface area contributed by atoms with E-state index in [9.17, 15) is 9.59 Å². The van der Waals surface area contributed by atoms with Gasteiger partial charge in [-0.25, -0.2) is 10.9 Å². The van der Waals surface area contributed by atoms with Crippen molar-refractivity contribution in [1.82, 2.24) is 10.9 Å². The van der Waals surface area contributed by atoms with E-state index in [1.165, 1.54) is 36.0 Å². The van der Waals surface area contributed by atoms with E-state index in [1.54, 1.807) is 0 Å². The molecule has 2 aromatic rings. The van der Waals surface area contributed by atoms with Crippen molar-refractivity contribution in [2.24, 2.45) is 5.10 Å².